The van der Waals surface area contributed by atoms with E-state index in [1.54, 1.807) is 12.1 Å². The Kier molecular flexibility index (Phi) is 8.97. The number of β-amino-alcohol motifs (C(OH)–C–C–N with tert-alkyl or cyclic N) is 1. The Balaban J connectivity index is 1.76. The summed E-state index contributed by atoms with van der Waals surface area (Å²) in [6.07, 6.45) is 1.68. The molecule has 1 heterocycles. The zero-order valence-corrected chi connectivity index (χ0v) is 16.5. The number of aryl methyl sites for hydroxylation is 1. The normalized spacial score (nSPS) is 18.1. The van der Waals surface area contributed by atoms with Crippen molar-refractivity contribution in [3.05, 3.63) is 35.6 Å². The van der Waals surface area contributed by atoms with E-state index in [4.69, 9.17) is 4.74 Å². The van der Waals surface area contributed by atoms with E-state index in [1.165, 1.54) is 6.07 Å². The number of nitrogens with zero attached hydrogens (tertiary/aromatic N) is 2. The van der Waals surface area contributed by atoms with Crippen LogP contribution >= 0.6 is 0 Å². The number of rotatable bonds is 9. The maximum atomic E-state index is 13.2. The average molecular weight is 381 g/mol. The van der Waals surface area contributed by atoms with Crippen molar-refractivity contribution in [2.45, 2.75) is 32.3 Å². The number of halogens is 1. The quantitative estimate of drug-likeness (QED) is 0.343. The second-order valence-electron chi connectivity index (χ2n) is 7.24. The molecular formula is C20H33FN4O2. The fourth-order valence-corrected chi connectivity index (χ4v) is 3.07. The Morgan fingerprint density at radius 1 is 1.33 bits per heavy atom. The minimum Gasteiger partial charge on any atom is -0.387 e. The molecule has 152 valence electrons. The fraction of sp³-hybridized carbons (Fsp3) is 0.650. The van der Waals surface area contributed by atoms with Crippen molar-refractivity contribution in [2.24, 2.45) is 4.99 Å². The Bertz CT molecular complexity index is 589. The minimum atomic E-state index is -0.888. The van der Waals surface area contributed by atoms with Crippen LogP contribution in [-0.2, 0) is 11.2 Å². The standard InChI is InChI=1S/C20H33FN4O2/c1-3-22-19(23-9-5-7-17-6-4-8-18(21)14-17)24-15-20(2,26)16-25-10-12-27-13-11-25/h4,6,8,14,26H,3,5,7,9-13,15-16H2,1-2H3,(H2,22,23,24). The molecule has 0 bridgehead atoms. The van der Waals surface area contributed by atoms with Crippen LogP contribution in [0.2, 0.25) is 0 Å². The zero-order valence-electron chi connectivity index (χ0n) is 16.5. The van der Waals surface area contributed by atoms with Gasteiger partial charge in [-0.2, -0.15) is 0 Å². The van der Waals surface area contributed by atoms with E-state index in [2.05, 4.69) is 20.5 Å². The van der Waals surface area contributed by atoms with E-state index in [1.807, 2.05) is 19.9 Å². The summed E-state index contributed by atoms with van der Waals surface area (Å²) in [5.74, 6) is 0.497. The van der Waals surface area contributed by atoms with Gasteiger partial charge in [0.05, 0.1) is 25.4 Å². The molecule has 0 aromatic heterocycles. The summed E-state index contributed by atoms with van der Waals surface area (Å²) in [7, 11) is 0. The van der Waals surface area contributed by atoms with E-state index >= 15 is 0 Å². The molecule has 0 radical (unpaired) electrons. The van der Waals surface area contributed by atoms with Gasteiger partial charge in [-0.3, -0.25) is 9.89 Å². The SMILES string of the molecule is CCNC(=NCC(C)(O)CN1CCOCC1)NCCCc1cccc(F)c1. The Morgan fingerprint density at radius 2 is 2.11 bits per heavy atom. The molecule has 0 amide bonds. The van der Waals surface area contributed by atoms with Crippen LogP contribution < -0.4 is 10.6 Å². The molecule has 0 saturated carbocycles. The summed E-state index contributed by atoms with van der Waals surface area (Å²) < 4.78 is 18.6. The summed E-state index contributed by atoms with van der Waals surface area (Å²) in [6, 6.07) is 6.70. The summed E-state index contributed by atoms with van der Waals surface area (Å²) >= 11 is 0. The first kappa shape index (κ1) is 21.6. The predicted molar refractivity (Wildman–Crippen MR) is 107 cm³/mol. The van der Waals surface area contributed by atoms with Gasteiger partial charge in [0, 0.05) is 32.7 Å². The molecule has 2 rings (SSSR count). The molecule has 1 aliphatic heterocycles. The third-order valence-electron chi connectivity index (χ3n) is 4.41. The molecule has 1 aromatic rings. The summed E-state index contributed by atoms with van der Waals surface area (Å²) in [4.78, 5) is 6.74. The molecule has 3 N–H and O–H groups in total. The molecule has 1 atom stereocenters. The minimum absolute atomic E-state index is 0.196. The first-order chi connectivity index (χ1) is 13.0. The molecule has 1 aliphatic rings. The van der Waals surface area contributed by atoms with Crippen LogP contribution in [0.25, 0.3) is 0 Å². The molecular weight excluding hydrogens is 347 g/mol. The lowest BCUT2D eigenvalue weighted by molar-refractivity contribution is -0.0179. The third-order valence-corrected chi connectivity index (χ3v) is 4.41. The first-order valence-electron chi connectivity index (χ1n) is 9.77. The van der Waals surface area contributed by atoms with Crippen LogP contribution in [0.1, 0.15) is 25.8 Å². The number of guanidine groups is 1. The van der Waals surface area contributed by atoms with Crippen LogP contribution in [-0.4, -0.2) is 74.0 Å². The molecule has 1 fully saturated rings. The van der Waals surface area contributed by atoms with Gasteiger partial charge in [-0.05, 0) is 44.4 Å². The Hall–Kier alpha value is -1.70. The number of aliphatic imine (C=N–C) groups is 1. The lowest BCUT2D eigenvalue weighted by atomic mass is 10.1. The molecule has 0 aliphatic carbocycles. The molecule has 1 unspecified atom stereocenters. The number of morpholine rings is 1. The summed E-state index contributed by atoms with van der Waals surface area (Å²) in [6.45, 7) is 9.34. The van der Waals surface area contributed by atoms with E-state index in [0.29, 0.717) is 19.0 Å². The number of hydrogen-bond acceptors (Lipinski definition) is 4. The maximum Gasteiger partial charge on any atom is 0.191 e. The van der Waals surface area contributed by atoms with Crippen molar-refractivity contribution in [2.75, 3.05) is 52.5 Å². The zero-order chi connectivity index (χ0) is 19.5. The van der Waals surface area contributed by atoms with Gasteiger partial charge >= 0.3 is 0 Å². The van der Waals surface area contributed by atoms with E-state index < -0.39 is 5.60 Å². The lowest BCUT2D eigenvalue weighted by Gasteiger charge is -2.33. The highest BCUT2D eigenvalue weighted by molar-refractivity contribution is 5.79. The van der Waals surface area contributed by atoms with Gasteiger partial charge in [-0.15, -0.1) is 0 Å². The van der Waals surface area contributed by atoms with Crippen LogP contribution in [0.15, 0.2) is 29.3 Å². The molecule has 0 spiro atoms. The van der Waals surface area contributed by atoms with Crippen LogP contribution in [0.5, 0.6) is 0 Å². The number of nitrogens with one attached hydrogen (secondary N) is 2. The van der Waals surface area contributed by atoms with E-state index in [-0.39, 0.29) is 5.82 Å². The highest BCUT2D eigenvalue weighted by Crippen LogP contribution is 2.09. The van der Waals surface area contributed by atoms with Crippen molar-refractivity contribution < 1.29 is 14.2 Å². The molecule has 27 heavy (non-hydrogen) atoms. The van der Waals surface area contributed by atoms with Gasteiger partial charge in [-0.25, -0.2) is 4.39 Å². The van der Waals surface area contributed by atoms with Gasteiger partial charge in [-0.1, -0.05) is 12.1 Å². The van der Waals surface area contributed by atoms with Gasteiger partial charge in [0.15, 0.2) is 5.96 Å². The third kappa shape index (κ3) is 8.69. The second kappa shape index (κ2) is 11.2. The Labute approximate surface area is 161 Å². The van der Waals surface area contributed by atoms with Crippen molar-refractivity contribution in [3.8, 4) is 0 Å². The van der Waals surface area contributed by atoms with Crippen LogP contribution in [0.4, 0.5) is 4.39 Å². The fourth-order valence-electron chi connectivity index (χ4n) is 3.07. The van der Waals surface area contributed by atoms with Crippen molar-refractivity contribution >= 4 is 5.96 Å². The van der Waals surface area contributed by atoms with Crippen LogP contribution in [0.3, 0.4) is 0 Å². The topological polar surface area (TPSA) is 69.1 Å². The molecule has 1 saturated heterocycles. The van der Waals surface area contributed by atoms with Crippen molar-refractivity contribution in [1.82, 2.24) is 15.5 Å². The molecule has 7 heteroatoms. The smallest absolute Gasteiger partial charge is 0.191 e. The first-order valence-corrected chi connectivity index (χ1v) is 9.77. The largest absolute Gasteiger partial charge is 0.387 e. The van der Waals surface area contributed by atoms with Gasteiger partial charge in [0.25, 0.3) is 0 Å². The summed E-state index contributed by atoms with van der Waals surface area (Å²) in [5.41, 5.74) is 0.105. The van der Waals surface area contributed by atoms with E-state index in [9.17, 15) is 9.50 Å². The highest BCUT2D eigenvalue weighted by atomic mass is 19.1. The van der Waals surface area contributed by atoms with Crippen molar-refractivity contribution in [1.29, 1.82) is 0 Å². The number of benzene rings is 1. The van der Waals surface area contributed by atoms with E-state index in [0.717, 1.165) is 57.8 Å². The van der Waals surface area contributed by atoms with Gasteiger partial charge in [0.2, 0.25) is 0 Å². The molecule has 6 nitrogen and oxygen atoms in total. The predicted octanol–water partition coefficient (Wildman–Crippen LogP) is 1.40. The number of ether oxygens (including phenoxy) is 1. The Morgan fingerprint density at radius 3 is 2.81 bits per heavy atom. The average Bonchev–Trinajstić information content (AvgIpc) is 2.64. The molecule has 1 aromatic carbocycles. The second-order valence-corrected chi connectivity index (χ2v) is 7.24. The van der Waals surface area contributed by atoms with Crippen LogP contribution in [0, 0.1) is 5.82 Å². The lowest BCUT2D eigenvalue weighted by Crippen LogP contribution is -2.48. The summed E-state index contributed by atoms with van der Waals surface area (Å²) in [5, 5.41) is 17.1. The monoisotopic (exact) mass is 380 g/mol. The number of aliphatic hydroxyl groups is 1. The maximum absolute atomic E-state index is 13.2. The van der Waals surface area contributed by atoms with Gasteiger partial charge in [0.1, 0.15) is 5.82 Å². The van der Waals surface area contributed by atoms with Gasteiger partial charge < -0.3 is 20.5 Å². The van der Waals surface area contributed by atoms with Crippen molar-refractivity contribution in [3.63, 3.8) is 0 Å². The number of hydrogen-bond donors (Lipinski definition) is 3. The highest BCUT2D eigenvalue weighted by Gasteiger charge is 2.25.